The van der Waals surface area contributed by atoms with Gasteiger partial charge < -0.3 is 25.8 Å². The van der Waals surface area contributed by atoms with Crippen LogP contribution < -0.4 is 16.0 Å². The maximum atomic E-state index is 13.8. The summed E-state index contributed by atoms with van der Waals surface area (Å²) in [4.78, 5) is 48.6. The molecule has 1 aromatic carbocycles. The van der Waals surface area contributed by atoms with Crippen molar-refractivity contribution in [3.05, 3.63) is 30.1 Å². The fourth-order valence-corrected chi connectivity index (χ4v) is 5.26. The average molecular weight is 469 g/mol. The molecule has 2 fully saturated rings. The molecule has 1 aromatic heterocycles. The van der Waals surface area contributed by atoms with Crippen LogP contribution in [0.3, 0.4) is 0 Å². The molecule has 184 valence electrons. The van der Waals surface area contributed by atoms with E-state index in [1.165, 1.54) is 0 Å². The fourth-order valence-electron chi connectivity index (χ4n) is 5.26. The first kappa shape index (κ1) is 24.2. The Morgan fingerprint density at radius 3 is 2.65 bits per heavy atom. The molecule has 0 unspecified atom stereocenters. The minimum atomic E-state index is -0.644. The number of aromatic nitrogens is 2. The summed E-state index contributed by atoms with van der Waals surface area (Å²) >= 11 is 0. The SMILES string of the molecule is CN[C@@H](C)C(=O)N[C@H](C(=O)N1CC[C@H]2CC[C@H](NC(=O)c3ccc4nc[nH]c4c3)[C@H]21)C(C)(C)C. The number of carbonyl (C=O) groups excluding carboxylic acids is 3. The summed E-state index contributed by atoms with van der Waals surface area (Å²) in [5.74, 6) is -0.0597. The van der Waals surface area contributed by atoms with Crippen LogP contribution in [0.25, 0.3) is 11.0 Å². The van der Waals surface area contributed by atoms with Gasteiger partial charge in [0.25, 0.3) is 5.91 Å². The first-order chi connectivity index (χ1) is 16.1. The van der Waals surface area contributed by atoms with Gasteiger partial charge in [0.1, 0.15) is 6.04 Å². The molecule has 0 spiro atoms. The van der Waals surface area contributed by atoms with E-state index in [1.807, 2.05) is 31.7 Å². The summed E-state index contributed by atoms with van der Waals surface area (Å²) in [6.07, 6.45) is 4.33. The maximum Gasteiger partial charge on any atom is 0.251 e. The first-order valence-corrected chi connectivity index (χ1v) is 12.1. The molecule has 2 aliphatic rings. The molecule has 4 N–H and O–H groups in total. The second-order valence-corrected chi connectivity index (χ2v) is 10.7. The molecular weight excluding hydrogens is 432 g/mol. The molecule has 0 radical (unpaired) electrons. The molecule has 2 heterocycles. The van der Waals surface area contributed by atoms with Gasteiger partial charge in [-0.05, 0) is 62.8 Å². The summed E-state index contributed by atoms with van der Waals surface area (Å²) < 4.78 is 0. The average Bonchev–Trinajstić information content (AvgIpc) is 3.52. The second-order valence-electron chi connectivity index (χ2n) is 10.7. The minimum Gasteiger partial charge on any atom is -0.347 e. The summed E-state index contributed by atoms with van der Waals surface area (Å²) in [5, 5.41) is 9.09. The van der Waals surface area contributed by atoms with Crippen LogP contribution >= 0.6 is 0 Å². The molecule has 3 amide bonds. The van der Waals surface area contributed by atoms with Gasteiger partial charge in [-0.25, -0.2) is 4.98 Å². The van der Waals surface area contributed by atoms with Crippen molar-refractivity contribution in [3.63, 3.8) is 0 Å². The molecule has 1 saturated heterocycles. The summed E-state index contributed by atoms with van der Waals surface area (Å²) in [7, 11) is 1.72. The largest absolute Gasteiger partial charge is 0.347 e. The number of benzene rings is 1. The molecule has 5 atom stereocenters. The lowest BCUT2D eigenvalue weighted by Crippen LogP contribution is -2.60. The lowest BCUT2D eigenvalue weighted by atomic mass is 9.85. The molecule has 1 aliphatic carbocycles. The number of carbonyl (C=O) groups is 3. The molecule has 9 nitrogen and oxygen atoms in total. The quantitative estimate of drug-likeness (QED) is 0.516. The Bertz CT molecular complexity index is 1070. The van der Waals surface area contributed by atoms with Gasteiger partial charge in [-0.15, -0.1) is 0 Å². The van der Waals surface area contributed by atoms with Crippen LogP contribution in [0.15, 0.2) is 24.5 Å². The van der Waals surface area contributed by atoms with Gasteiger partial charge in [0.2, 0.25) is 11.8 Å². The molecule has 2 aromatic rings. The van der Waals surface area contributed by atoms with Crippen LogP contribution in [0.1, 0.15) is 57.3 Å². The number of rotatable bonds is 6. The monoisotopic (exact) mass is 468 g/mol. The normalized spacial score (nSPS) is 24.0. The Kier molecular flexibility index (Phi) is 6.66. The number of nitrogens with zero attached hydrogens (tertiary/aromatic N) is 2. The zero-order valence-electron chi connectivity index (χ0n) is 20.6. The van der Waals surface area contributed by atoms with Crippen LogP contribution in [-0.2, 0) is 9.59 Å². The first-order valence-electron chi connectivity index (χ1n) is 12.1. The van der Waals surface area contributed by atoms with E-state index in [4.69, 9.17) is 0 Å². The molecular formula is C25H36N6O3. The molecule has 0 bridgehead atoms. The van der Waals surface area contributed by atoms with Crippen molar-refractivity contribution in [1.82, 2.24) is 30.8 Å². The number of aromatic amines is 1. The Morgan fingerprint density at radius 2 is 1.94 bits per heavy atom. The predicted molar refractivity (Wildman–Crippen MR) is 130 cm³/mol. The van der Waals surface area contributed by atoms with Gasteiger partial charge in [-0.2, -0.15) is 0 Å². The topological polar surface area (TPSA) is 119 Å². The highest BCUT2D eigenvalue weighted by atomic mass is 16.2. The number of fused-ring (bicyclic) bond motifs is 2. The zero-order chi connectivity index (χ0) is 24.6. The number of H-pyrrole nitrogens is 1. The number of likely N-dealkylation sites (tertiary alicyclic amines) is 1. The van der Waals surface area contributed by atoms with E-state index >= 15 is 0 Å². The highest BCUT2D eigenvalue weighted by molar-refractivity contribution is 5.97. The van der Waals surface area contributed by atoms with Crippen molar-refractivity contribution in [2.75, 3.05) is 13.6 Å². The number of amides is 3. The lowest BCUT2D eigenvalue weighted by molar-refractivity contribution is -0.141. The third kappa shape index (κ3) is 4.66. The van der Waals surface area contributed by atoms with Crippen molar-refractivity contribution in [1.29, 1.82) is 0 Å². The van der Waals surface area contributed by atoms with Crippen molar-refractivity contribution in [2.24, 2.45) is 11.3 Å². The van der Waals surface area contributed by atoms with E-state index in [0.29, 0.717) is 18.0 Å². The van der Waals surface area contributed by atoms with Crippen LogP contribution in [0, 0.1) is 11.3 Å². The summed E-state index contributed by atoms with van der Waals surface area (Å²) in [6.45, 7) is 8.31. The highest BCUT2D eigenvalue weighted by Crippen LogP contribution is 2.39. The van der Waals surface area contributed by atoms with Gasteiger partial charge in [-0.1, -0.05) is 20.8 Å². The Labute approximate surface area is 200 Å². The van der Waals surface area contributed by atoms with Gasteiger partial charge >= 0.3 is 0 Å². The smallest absolute Gasteiger partial charge is 0.251 e. The van der Waals surface area contributed by atoms with Gasteiger partial charge in [0.15, 0.2) is 0 Å². The van der Waals surface area contributed by atoms with Crippen molar-refractivity contribution >= 4 is 28.8 Å². The van der Waals surface area contributed by atoms with Crippen molar-refractivity contribution in [3.8, 4) is 0 Å². The second kappa shape index (κ2) is 9.37. The van der Waals surface area contributed by atoms with E-state index in [2.05, 4.69) is 25.9 Å². The summed E-state index contributed by atoms with van der Waals surface area (Å²) in [6, 6.07) is 4.19. The predicted octanol–water partition coefficient (Wildman–Crippen LogP) is 1.81. The fraction of sp³-hybridized carbons (Fsp3) is 0.600. The van der Waals surface area contributed by atoms with Gasteiger partial charge in [0.05, 0.1) is 29.4 Å². The maximum absolute atomic E-state index is 13.8. The molecule has 34 heavy (non-hydrogen) atoms. The van der Waals surface area contributed by atoms with Gasteiger partial charge in [-0.3, -0.25) is 14.4 Å². The number of imidazole rings is 1. The molecule has 4 rings (SSSR count). The van der Waals surface area contributed by atoms with Gasteiger partial charge in [0, 0.05) is 18.2 Å². The summed E-state index contributed by atoms with van der Waals surface area (Å²) in [5.41, 5.74) is 1.74. The lowest BCUT2D eigenvalue weighted by Gasteiger charge is -2.37. The van der Waals surface area contributed by atoms with Crippen molar-refractivity contribution < 1.29 is 14.4 Å². The molecule has 1 saturated carbocycles. The van der Waals surface area contributed by atoms with E-state index in [-0.39, 0.29) is 29.8 Å². The van der Waals surface area contributed by atoms with E-state index in [9.17, 15) is 14.4 Å². The van der Waals surface area contributed by atoms with Crippen LogP contribution in [0.5, 0.6) is 0 Å². The van der Waals surface area contributed by atoms with E-state index < -0.39 is 17.5 Å². The minimum absolute atomic E-state index is 0.0594. The third-order valence-electron chi connectivity index (χ3n) is 7.35. The van der Waals surface area contributed by atoms with Crippen molar-refractivity contribution in [2.45, 2.75) is 71.1 Å². The van der Waals surface area contributed by atoms with E-state index in [1.54, 1.807) is 32.4 Å². The van der Waals surface area contributed by atoms with Crippen LogP contribution in [-0.4, -0.2) is 70.3 Å². The zero-order valence-corrected chi connectivity index (χ0v) is 20.6. The van der Waals surface area contributed by atoms with E-state index in [0.717, 1.165) is 30.3 Å². The molecule has 1 aliphatic heterocycles. The third-order valence-corrected chi connectivity index (χ3v) is 7.35. The Hall–Kier alpha value is -2.94. The number of hydrogen-bond donors (Lipinski definition) is 4. The Balaban J connectivity index is 1.50. The standard InChI is InChI=1S/C25H36N6O3/c1-14(26-5)22(32)30-21(25(2,3)4)24(34)31-11-10-15-6-9-18(20(15)31)29-23(33)16-7-8-17-19(12-16)28-13-27-17/h7-8,12-15,18,20-21,26H,6,9-11H2,1-5H3,(H,27,28)(H,29,33)(H,30,32)/t14-,15+,18-,20-,21+/m0/s1. The number of hydrogen-bond acceptors (Lipinski definition) is 5. The number of likely N-dealkylation sites (N-methyl/N-ethyl adjacent to an activating group) is 1. The molecule has 9 heteroatoms. The van der Waals surface area contributed by atoms with Crippen LogP contribution in [0.4, 0.5) is 0 Å². The highest BCUT2D eigenvalue weighted by Gasteiger charge is 2.49. The Morgan fingerprint density at radius 1 is 1.18 bits per heavy atom. The van der Waals surface area contributed by atoms with Crippen LogP contribution in [0.2, 0.25) is 0 Å². The number of nitrogens with one attached hydrogen (secondary N) is 4.